The van der Waals surface area contributed by atoms with Crippen molar-refractivity contribution in [1.82, 2.24) is 10.3 Å². The molecule has 5 heteroatoms. The van der Waals surface area contributed by atoms with Crippen LogP contribution in [-0.2, 0) is 6.42 Å². The van der Waals surface area contributed by atoms with E-state index in [0.29, 0.717) is 0 Å². The maximum atomic E-state index is 4.53. The van der Waals surface area contributed by atoms with Gasteiger partial charge < -0.3 is 5.32 Å². The van der Waals surface area contributed by atoms with Crippen LogP contribution in [0.1, 0.15) is 22.3 Å². The van der Waals surface area contributed by atoms with E-state index in [-0.39, 0.29) is 6.04 Å². The van der Waals surface area contributed by atoms with Gasteiger partial charge in [0.2, 0.25) is 0 Å². The zero-order chi connectivity index (χ0) is 13.1. The average molecular weight is 390 g/mol. The highest BCUT2D eigenvalue weighted by Crippen LogP contribution is 2.29. The van der Waals surface area contributed by atoms with Gasteiger partial charge in [-0.15, -0.1) is 11.3 Å². The molecule has 2 rings (SSSR count). The number of likely N-dealkylation sites (N-methyl/N-ethyl adjacent to an activating group) is 1. The molecule has 0 aliphatic rings. The largest absolute Gasteiger partial charge is 0.313 e. The van der Waals surface area contributed by atoms with E-state index < -0.39 is 0 Å². The summed E-state index contributed by atoms with van der Waals surface area (Å²) in [6.07, 6.45) is 0.904. The first-order chi connectivity index (χ1) is 8.60. The van der Waals surface area contributed by atoms with Gasteiger partial charge in [-0.1, -0.05) is 37.9 Å². The van der Waals surface area contributed by atoms with E-state index >= 15 is 0 Å². The maximum absolute atomic E-state index is 4.53. The summed E-state index contributed by atoms with van der Waals surface area (Å²) in [7, 11) is 1.98. The number of benzene rings is 1. The van der Waals surface area contributed by atoms with Crippen LogP contribution in [0.25, 0.3) is 0 Å². The molecule has 2 nitrogen and oxygen atoms in total. The highest BCUT2D eigenvalue weighted by Gasteiger charge is 2.14. The van der Waals surface area contributed by atoms with E-state index in [4.69, 9.17) is 0 Å². The van der Waals surface area contributed by atoms with Crippen LogP contribution < -0.4 is 5.32 Å². The van der Waals surface area contributed by atoms with E-state index in [1.165, 1.54) is 5.56 Å². The predicted molar refractivity (Wildman–Crippen MR) is 84.2 cm³/mol. The lowest BCUT2D eigenvalue weighted by Crippen LogP contribution is -2.19. The minimum Gasteiger partial charge on any atom is -0.313 e. The smallest absolute Gasteiger partial charge is 0.0897 e. The van der Waals surface area contributed by atoms with Crippen LogP contribution in [0, 0.1) is 6.92 Å². The Bertz CT molecular complexity index is 540. The summed E-state index contributed by atoms with van der Waals surface area (Å²) in [5.41, 5.74) is 2.40. The fourth-order valence-corrected chi connectivity index (χ4v) is 3.81. The quantitative estimate of drug-likeness (QED) is 0.833. The molecule has 18 heavy (non-hydrogen) atoms. The second-order valence-electron chi connectivity index (χ2n) is 4.07. The third kappa shape index (κ3) is 3.41. The van der Waals surface area contributed by atoms with Crippen molar-refractivity contribution in [1.29, 1.82) is 0 Å². The fraction of sp³-hybridized carbons (Fsp3) is 0.308. The molecule has 0 amide bonds. The summed E-state index contributed by atoms with van der Waals surface area (Å²) in [5, 5.41) is 6.61. The van der Waals surface area contributed by atoms with Gasteiger partial charge in [-0.05, 0) is 31.7 Å². The van der Waals surface area contributed by atoms with Gasteiger partial charge in [-0.3, -0.25) is 0 Å². The number of aryl methyl sites for hydroxylation is 1. The predicted octanol–water partition coefficient (Wildman–Crippen LogP) is 4.48. The van der Waals surface area contributed by atoms with Crippen molar-refractivity contribution in [2.45, 2.75) is 19.4 Å². The van der Waals surface area contributed by atoms with Crippen molar-refractivity contribution < 1.29 is 0 Å². The SMILES string of the molecule is CNC(Cc1csc(C)n1)c1ccc(Br)cc1Br. The molecule has 1 aromatic heterocycles. The maximum Gasteiger partial charge on any atom is 0.0897 e. The van der Waals surface area contributed by atoms with Crippen LogP contribution in [0.3, 0.4) is 0 Å². The molecule has 1 N–H and O–H groups in total. The summed E-state index contributed by atoms with van der Waals surface area (Å²) < 4.78 is 2.20. The monoisotopic (exact) mass is 388 g/mol. The first-order valence-electron chi connectivity index (χ1n) is 5.63. The van der Waals surface area contributed by atoms with Gasteiger partial charge in [-0.2, -0.15) is 0 Å². The second-order valence-corrected chi connectivity index (χ2v) is 6.90. The number of halogens is 2. The first kappa shape index (κ1) is 14.2. The molecule has 0 saturated heterocycles. The van der Waals surface area contributed by atoms with Crippen LogP contribution in [0.2, 0.25) is 0 Å². The Morgan fingerprint density at radius 2 is 2.17 bits per heavy atom. The molecule has 0 spiro atoms. The molecule has 0 aliphatic heterocycles. The lowest BCUT2D eigenvalue weighted by atomic mass is 10.0. The van der Waals surface area contributed by atoms with Gasteiger partial charge in [0, 0.05) is 26.8 Å². The third-order valence-electron chi connectivity index (χ3n) is 2.77. The standard InChI is InChI=1S/C13H14Br2N2S/c1-8-17-10(7-18-8)6-13(16-2)11-4-3-9(14)5-12(11)15/h3-5,7,13,16H,6H2,1-2H3. The topological polar surface area (TPSA) is 24.9 Å². The Morgan fingerprint density at radius 1 is 1.39 bits per heavy atom. The normalized spacial score (nSPS) is 12.7. The van der Waals surface area contributed by atoms with Crippen LogP contribution in [-0.4, -0.2) is 12.0 Å². The molecule has 1 heterocycles. The fourth-order valence-electron chi connectivity index (χ4n) is 1.86. The van der Waals surface area contributed by atoms with Crippen LogP contribution >= 0.6 is 43.2 Å². The van der Waals surface area contributed by atoms with E-state index in [1.807, 2.05) is 14.0 Å². The number of nitrogens with one attached hydrogen (secondary N) is 1. The Balaban J connectivity index is 2.22. The highest BCUT2D eigenvalue weighted by molar-refractivity contribution is 9.11. The summed E-state index contributed by atoms with van der Waals surface area (Å²) in [4.78, 5) is 4.53. The molecular weight excluding hydrogens is 376 g/mol. The first-order valence-corrected chi connectivity index (χ1v) is 8.10. The molecule has 0 fully saturated rings. The Kier molecular flexibility index (Phi) is 4.95. The Hall–Kier alpha value is -0.230. The van der Waals surface area contributed by atoms with Crippen molar-refractivity contribution in [3.8, 4) is 0 Å². The van der Waals surface area contributed by atoms with Crippen LogP contribution in [0.4, 0.5) is 0 Å². The van der Waals surface area contributed by atoms with Crippen molar-refractivity contribution >= 4 is 43.2 Å². The van der Waals surface area contributed by atoms with Crippen molar-refractivity contribution in [3.05, 3.63) is 48.8 Å². The van der Waals surface area contributed by atoms with E-state index in [1.54, 1.807) is 11.3 Å². The number of rotatable bonds is 4. The summed E-state index contributed by atoms with van der Waals surface area (Å²) in [5.74, 6) is 0. The molecule has 96 valence electrons. The molecule has 0 saturated carbocycles. The molecule has 0 aliphatic carbocycles. The number of thiazole rings is 1. The van der Waals surface area contributed by atoms with Crippen molar-refractivity contribution in [2.24, 2.45) is 0 Å². The van der Waals surface area contributed by atoms with E-state index in [2.05, 4.69) is 65.7 Å². The molecule has 1 atom stereocenters. The van der Waals surface area contributed by atoms with Crippen molar-refractivity contribution in [3.63, 3.8) is 0 Å². The Morgan fingerprint density at radius 3 is 2.72 bits per heavy atom. The van der Waals surface area contributed by atoms with Gasteiger partial charge in [0.05, 0.1) is 10.7 Å². The second kappa shape index (κ2) is 6.28. The number of aromatic nitrogens is 1. The summed E-state index contributed by atoms with van der Waals surface area (Å²) in [6.45, 7) is 2.04. The zero-order valence-electron chi connectivity index (χ0n) is 10.2. The molecule has 2 aromatic rings. The number of nitrogens with zero attached hydrogens (tertiary/aromatic N) is 1. The van der Waals surface area contributed by atoms with Gasteiger partial charge in [0.1, 0.15) is 0 Å². The minimum atomic E-state index is 0.272. The lowest BCUT2D eigenvalue weighted by molar-refractivity contribution is 0.583. The average Bonchev–Trinajstić information content (AvgIpc) is 2.72. The molecular formula is C13H14Br2N2S. The number of hydrogen-bond donors (Lipinski definition) is 1. The van der Waals surface area contributed by atoms with Crippen LogP contribution in [0.15, 0.2) is 32.5 Å². The van der Waals surface area contributed by atoms with Gasteiger partial charge >= 0.3 is 0 Å². The van der Waals surface area contributed by atoms with Gasteiger partial charge in [0.15, 0.2) is 0 Å². The molecule has 0 bridgehead atoms. The summed E-state index contributed by atoms with van der Waals surface area (Å²) >= 11 is 8.80. The van der Waals surface area contributed by atoms with Crippen molar-refractivity contribution in [2.75, 3.05) is 7.05 Å². The zero-order valence-corrected chi connectivity index (χ0v) is 14.2. The number of hydrogen-bond acceptors (Lipinski definition) is 3. The Labute approximate surface area is 128 Å². The molecule has 0 radical (unpaired) electrons. The highest BCUT2D eigenvalue weighted by atomic mass is 79.9. The van der Waals surface area contributed by atoms with Crippen LogP contribution in [0.5, 0.6) is 0 Å². The van der Waals surface area contributed by atoms with Gasteiger partial charge in [0.25, 0.3) is 0 Å². The third-order valence-corrected chi connectivity index (χ3v) is 4.77. The minimum absolute atomic E-state index is 0.272. The summed E-state index contributed by atoms with van der Waals surface area (Å²) in [6, 6.07) is 6.55. The molecule has 1 aromatic carbocycles. The van der Waals surface area contributed by atoms with E-state index in [0.717, 1.165) is 26.1 Å². The lowest BCUT2D eigenvalue weighted by Gasteiger charge is -2.17. The van der Waals surface area contributed by atoms with E-state index in [9.17, 15) is 0 Å². The molecule has 1 unspecified atom stereocenters. The van der Waals surface area contributed by atoms with Gasteiger partial charge in [-0.25, -0.2) is 4.98 Å².